The van der Waals surface area contributed by atoms with E-state index in [-0.39, 0.29) is 30.3 Å². The summed E-state index contributed by atoms with van der Waals surface area (Å²) in [5.41, 5.74) is 0.748. The third kappa shape index (κ3) is 4.95. The highest BCUT2D eigenvalue weighted by atomic mass is 17.2. The minimum absolute atomic E-state index is 0.125. The lowest BCUT2D eigenvalue weighted by atomic mass is 10.0. The van der Waals surface area contributed by atoms with Crippen LogP contribution in [0, 0.1) is 0 Å². The van der Waals surface area contributed by atoms with Gasteiger partial charge in [0.25, 0.3) is 0 Å². The van der Waals surface area contributed by atoms with Crippen LogP contribution in [-0.2, 0) is 9.78 Å². The lowest BCUT2D eigenvalue weighted by Gasteiger charge is -2.09. The first-order valence-electron chi connectivity index (χ1n) is 7.13. The number of carbonyl (C=O) groups excluding carboxylic acids is 1. The van der Waals surface area contributed by atoms with Gasteiger partial charge in [-0.3, -0.25) is 4.79 Å². The summed E-state index contributed by atoms with van der Waals surface area (Å²) >= 11 is 0. The fraction of sp³-hybridized carbons (Fsp3) is 0.167. The monoisotopic (exact) mass is 314 g/mol. The fourth-order valence-electron chi connectivity index (χ4n) is 1.89. The van der Waals surface area contributed by atoms with Crippen molar-refractivity contribution in [1.29, 1.82) is 0 Å². The number of carbonyl (C=O) groups is 1. The number of hydrogen-bond donors (Lipinski definition) is 1. The third-order valence-corrected chi connectivity index (χ3v) is 2.95. The van der Waals surface area contributed by atoms with Gasteiger partial charge in [-0.2, -0.15) is 0 Å². The van der Waals surface area contributed by atoms with E-state index in [2.05, 4.69) is 6.58 Å². The lowest BCUT2D eigenvalue weighted by molar-refractivity contribution is -0.288. The molecule has 0 aliphatic rings. The summed E-state index contributed by atoms with van der Waals surface area (Å²) in [7, 11) is 0. The first-order valence-corrected chi connectivity index (χ1v) is 7.13. The molecule has 0 radical (unpaired) electrons. The summed E-state index contributed by atoms with van der Waals surface area (Å²) in [5.74, 6) is 0.0791. The average Bonchev–Trinajstić information content (AvgIpc) is 2.58. The number of aromatic hydroxyl groups is 1. The van der Waals surface area contributed by atoms with Crippen molar-refractivity contribution in [3.8, 4) is 11.5 Å². The van der Waals surface area contributed by atoms with Gasteiger partial charge in [0, 0.05) is 11.6 Å². The molecule has 1 N–H and O–H groups in total. The maximum Gasteiger partial charge on any atom is 0.196 e. The molecule has 0 fully saturated rings. The molecule has 0 unspecified atom stereocenters. The van der Waals surface area contributed by atoms with Crippen LogP contribution < -0.4 is 4.74 Å². The summed E-state index contributed by atoms with van der Waals surface area (Å²) in [4.78, 5) is 21.9. The van der Waals surface area contributed by atoms with E-state index in [0.29, 0.717) is 17.9 Å². The predicted octanol–water partition coefficient (Wildman–Crippen LogP) is 3.14. The van der Waals surface area contributed by atoms with Gasteiger partial charge in [-0.25, -0.2) is 9.78 Å². The Morgan fingerprint density at radius 2 is 1.87 bits per heavy atom. The molecule has 0 atom stereocenters. The summed E-state index contributed by atoms with van der Waals surface area (Å²) < 4.78 is 5.41. The number of rotatable bonds is 9. The Hall–Kier alpha value is -2.63. The van der Waals surface area contributed by atoms with Gasteiger partial charge in [0.1, 0.15) is 31.3 Å². The summed E-state index contributed by atoms with van der Waals surface area (Å²) in [6.45, 7) is 4.28. The van der Waals surface area contributed by atoms with Gasteiger partial charge in [0.15, 0.2) is 5.78 Å². The molecule has 0 saturated carbocycles. The second-order valence-electron chi connectivity index (χ2n) is 4.62. The summed E-state index contributed by atoms with van der Waals surface area (Å²) in [6.07, 6.45) is 1.57. The Bertz CT molecular complexity index is 652. The first-order chi connectivity index (χ1) is 11.2. The van der Waals surface area contributed by atoms with Crippen molar-refractivity contribution < 1.29 is 24.4 Å². The Morgan fingerprint density at radius 1 is 1.09 bits per heavy atom. The number of phenolic OH excluding ortho intramolecular Hbond substituents is 1. The summed E-state index contributed by atoms with van der Waals surface area (Å²) in [6, 6.07) is 13.3. The number of hydrogen-bond acceptors (Lipinski definition) is 5. The molecule has 23 heavy (non-hydrogen) atoms. The molecule has 0 bridgehead atoms. The molecular weight excluding hydrogens is 296 g/mol. The highest BCUT2D eigenvalue weighted by molar-refractivity contribution is 6.10. The Balaban J connectivity index is 1.93. The van der Waals surface area contributed by atoms with Crippen molar-refractivity contribution in [3.63, 3.8) is 0 Å². The zero-order valence-electron chi connectivity index (χ0n) is 12.6. The molecule has 0 saturated heterocycles. The topological polar surface area (TPSA) is 65.0 Å². The van der Waals surface area contributed by atoms with Crippen molar-refractivity contribution in [2.24, 2.45) is 0 Å². The lowest BCUT2D eigenvalue weighted by Crippen LogP contribution is -2.07. The van der Waals surface area contributed by atoms with Crippen LogP contribution in [0.1, 0.15) is 15.9 Å². The van der Waals surface area contributed by atoms with E-state index in [4.69, 9.17) is 14.5 Å². The Kier molecular flexibility index (Phi) is 6.35. The molecule has 5 heteroatoms. The van der Waals surface area contributed by atoms with Crippen molar-refractivity contribution in [2.45, 2.75) is 0 Å². The van der Waals surface area contributed by atoms with Crippen LogP contribution in [-0.4, -0.2) is 30.7 Å². The third-order valence-electron chi connectivity index (χ3n) is 2.95. The largest absolute Gasteiger partial charge is 0.507 e. The van der Waals surface area contributed by atoms with Crippen LogP contribution in [0.5, 0.6) is 11.5 Å². The molecule has 0 aliphatic heterocycles. The molecule has 0 aromatic heterocycles. The molecule has 5 nitrogen and oxygen atoms in total. The molecular formula is C18H18O5. The second kappa shape index (κ2) is 8.73. The van der Waals surface area contributed by atoms with Crippen molar-refractivity contribution in [1.82, 2.24) is 0 Å². The van der Waals surface area contributed by atoms with Gasteiger partial charge in [-0.15, -0.1) is 6.58 Å². The second-order valence-corrected chi connectivity index (χ2v) is 4.62. The van der Waals surface area contributed by atoms with E-state index in [1.54, 1.807) is 36.4 Å². The smallest absolute Gasteiger partial charge is 0.196 e. The first kappa shape index (κ1) is 16.7. The quantitative estimate of drug-likeness (QED) is 0.253. The molecule has 0 spiro atoms. The molecule has 0 aliphatic carbocycles. The zero-order valence-corrected chi connectivity index (χ0v) is 12.6. The molecule has 2 aromatic carbocycles. The van der Waals surface area contributed by atoms with Crippen LogP contribution in [0.25, 0.3) is 0 Å². The van der Waals surface area contributed by atoms with Crippen molar-refractivity contribution >= 4 is 5.78 Å². The maximum absolute atomic E-state index is 12.3. The van der Waals surface area contributed by atoms with Crippen LogP contribution in [0.15, 0.2) is 61.2 Å². The standard InChI is InChI=1S/C18H18O5/c1-2-10-22-23-12-11-21-15-8-9-16(17(19)13-15)18(20)14-6-4-3-5-7-14/h2-9,13,19H,1,10-12H2. The molecule has 0 amide bonds. The van der Waals surface area contributed by atoms with E-state index in [0.717, 1.165) is 0 Å². The van der Waals surface area contributed by atoms with Crippen LogP contribution >= 0.6 is 0 Å². The number of benzene rings is 2. The van der Waals surface area contributed by atoms with Gasteiger partial charge in [0.05, 0.1) is 5.56 Å². The fourth-order valence-corrected chi connectivity index (χ4v) is 1.89. The van der Waals surface area contributed by atoms with E-state index >= 15 is 0 Å². The molecule has 0 heterocycles. The van der Waals surface area contributed by atoms with Gasteiger partial charge in [-0.05, 0) is 12.1 Å². The Labute approximate surface area is 134 Å². The average molecular weight is 314 g/mol. The SMILES string of the molecule is C=CCOOCCOc1ccc(C(=O)c2ccccc2)c(O)c1. The normalized spacial score (nSPS) is 10.3. The van der Waals surface area contributed by atoms with Gasteiger partial charge < -0.3 is 9.84 Å². The predicted molar refractivity (Wildman–Crippen MR) is 85.6 cm³/mol. The van der Waals surface area contributed by atoms with Crippen LogP contribution in [0.3, 0.4) is 0 Å². The van der Waals surface area contributed by atoms with Crippen molar-refractivity contribution in [2.75, 3.05) is 19.8 Å². The highest BCUT2D eigenvalue weighted by Gasteiger charge is 2.13. The molecule has 2 rings (SSSR count). The van der Waals surface area contributed by atoms with Crippen LogP contribution in [0.4, 0.5) is 0 Å². The van der Waals surface area contributed by atoms with E-state index in [1.807, 2.05) is 6.07 Å². The van der Waals surface area contributed by atoms with E-state index < -0.39 is 0 Å². The molecule has 120 valence electrons. The molecule has 2 aromatic rings. The van der Waals surface area contributed by atoms with Crippen molar-refractivity contribution in [3.05, 3.63) is 72.3 Å². The number of ketones is 1. The Morgan fingerprint density at radius 3 is 2.57 bits per heavy atom. The van der Waals surface area contributed by atoms with E-state index in [1.165, 1.54) is 12.1 Å². The van der Waals surface area contributed by atoms with Gasteiger partial charge >= 0.3 is 0 Å². The maximum atomic E-state index is 12.3. The number of phenols is 1. The minimum Gasteiger partial charge on any atom is -0.507 e. The highest BCUT2D eigenvalue weighted by Crippen LogP contribution is 2.25. The van der Waals surface area contributed by atoms with Gasteiger partial charge in [0.2, 0.25) is 0 Å². The van der Waals surface area contributed by atoms with E-state index in [9.17, 15) is 9.90 Å². The minimum atomic E-state index is -0.240. The number of ether oxygens (including phenoxy) is 1. The zero-order chi connectivity index (χ0) is 16.5. The summed E-state index contributed by atoms with van der Waals surface area (Å²) in [5, 5.41) is 10.0. The van der Waals surface area contributed by atoms with Gasteiger partial charge in [-0.1, -0.05) is 36.4 Å². The van der Waals surface area contributed by atoms with Crippen LogP contribution in [0.2, 0.25) is 0 Å².